The Hall–Kier alpha value is -3.05. The largest absolute Gasteiger partial charge is 0.278 e. The normalized spacial score (nSPS) is 11.0. The third-order valence-corrected chi connectivity index (χ3v) is 5.85. The van der Waals surface area contributed by atoms with Crippen LogP contribution in [-0.2, 0) is 6.54 Å². The number of amides is 1. The molecule has 4 nitrogen and oxygen atoms in total. The number of fused-ring (bicyclic) bond motifs is 1. The maximum Gasteiger partial charge on any atom is 0.260 e. The number of pyridine rings is 1. The summed E-state index contributed by atoms with van der Waals surface area (Å²) >= 11 is 1.54. The molecule has 0 unspecified atom stereocenters. The maximum atomic E-state index is 13.4. The molecule has 0 saturated carbocycles. The van der Waals surface area contributed by atoms with Gasteiger partial charge in [-0.05, 0) is 73.9 Å². The molecule has 0 fully saturated rings. The molecule has 0 saturated heterocycles. The van der Waals surface area contributed by atoms with E-state index in [4.69, 9.17) is 4.98 Å². The van der Waals surface area contributed by atoms with E-state index in [9.17, 15) is 4.79 Å². The van der Waals surface area contributed by atoms with Crippen molar-refractivity contribution in [1.82, 2.24) is 9.97 Å². The van der Waals surface area contributed by atoms with E-state index in [0.29, 0.717) is 17.2 Å². The van der Waals surface area contributed by atoms with Crippen LogP contribution in [0.4, 0.5) is 5.13 Å². The summed E-state index contributed by atoms with van der Waals surface area (Å²) in [6.07, 6.45) is 1.75. The average Bonchev–Trinajstić information content (AvgIpc) is 3.11. The molecule has 0 aliphatic carbocycles. The third kappa shape index (κ3) is 3.66. The van der Waals surface area contributed by atoms with Gasteiger partial charge in [0.1, 0.15) is 0 Å². The number of carbonyl (C=O) groups is 1. The number of benzene rings is 2. The Labute approximate surface area is 168 Å². The van der Waals surface area contributed by atoms with Gasteiger partial charge >= 0.3 is 0 Å². The van der Waals surface area contributed by atoms with Crippen molar-refractivity contribution in [3.05, 3.63) is 88.7 Å². The number of anilines is 1. The van der Waals surface area contributed by atoms with Crippen molar-refractivity contribution in [3.63, 3.8) is 0 Å². The number of rotatable bonds is 4. The Bertz CT molecular complexity index is 1150. The van der Waals surface area contributed by atoms with Crippen LogP contribution in [-0.4, -0.2) is 15.9 Å². The number of aromatic nitrogens is 2. The standard InChI is InChI=1S/C23H21N3OS/c1-15-7-10-20-21(12-15)28-23(25-20)26(14-19-6-4-5-11-24-19)22(27)18-9-8-16(2)17(3)13-18/h4-13H,14H2,1-3H3. The predicted molar refractivity (Wildman–Crippen MR) is 115 cm³/mol. The van der Waals surface area contributed by atoms with Gasteiger partial charge in [-0.25, -0.2) is 4.98 Å². The van der Waals surface area contributed by atoms with Crippen molar-refractivity contribution in [2.45, 2.75) is 27.3 Å². The van der Waals surface area contributed by atoms with Crippen LogP contribution in [0.5, 0.6) is 0 Å². The molecule has 4 rings (SSSR count). The second-order valence-electron chi connectivity index (χ2n) is 6.98. The predicted octanol–water partition coefficient (Wildman–Crippen LogP) is 5.46. The first kappa shape index (κ1) is 18.3. The molecule has 0 N–H and O–H groups in total. The highest BCUT2D eigenvalue weighted by molar-refractivity contribution is 7.22. The van der Waals surface area contributed by atoms with E-state index < -0.39 is 0 Å². The highest BCUT2D eigenvalue weighted by atomic mass is 32.1. The van der Waals surface area contributed by atoms with Gasteiger partial charge in [-0.15, -0.1) is 0 Å². The molecule has 0 radical (unpaired) electrons. The third-order valence-electron chi connectivity index (χ3n) is 4.81. The maximum absolute atomic E-state index is 13.4. The van der Waals surface area contributed by atoms with E-state index in [1.807, 2.05) is 62.4 Å². The van der Waals surface area contributed by atoms with Gasteiger partial charge in [0.25, 0.3) is 5.91 Å². The minimum absolute atomic E-state index is 0.0652. The van der Waals surface area contributed by atoms with Gasteiger partial charge in [-0.1, -0.05) is 29.5 Å². The van der Waals surface area contributed by atoms with Crippen molar-refractivity contribution in [2.24, 2.45) is 0 Å². The zero-order valence-corrected chi connectivity index (χ0v) is 17.0. The van der Waals surface area contributed by atoms with Gasteiger partial charge in [0, 0.05) is 11.8 Å². The number of aryl methyl sites for hydroxylation is 3. The van der Waals surface area contributed by atoms with Crippen LogP contribution in [0.2, 0.25) is 0 Å². The molecule has 2 aromatic carbocycles. The highest BCUT2D eigenvalue weighted by Crippen LogP contribution is 2.31. The summed E-state index contributed by atoms with van der Waals surface area (Å²) in [5.41, 5.74) is 5.85. The van der Waals surface area contributed by atoms with E-state index in [1.54, 1.807) is 11.1 Å². The quantitative estimate of drug-likeness (QED) is 0.467. The van der Waals surface area contributed by atoms with E-state index >= 15 is 0 Å². The average molecular weight is 388 g/mol. The summed E-state index contributed by atoms with van der Waals surface area (Å²) < 4.78 is 1.08. The van der Waals surface area contributed by atoms with Crippen molar-refractivity contribution >= 4 is 32.6 Å². The Morgan fingerprint density at radius 1 is 1.00 bits per heavy atom. The summed E-state index contributed by atoms with van der Waals surface area (Å²) in [4.78, 5) is 24.3. The Morgan fingerprint density at radius 3 is 2.61 bits per heavy atom. The molecule has 0 atom stereocenters. The minimum Gasteiger partial charge on any atom is -0.278 e. The zero-order chi connectivity index (χ0) is 19.7. The number of hydrogen-bond donors (Lipinski definition) is 0. The fourth-order valence-corrected chi connectivity index (χ4v) is 4.11. The van der Waals surface area contributed by atoms with Crippen molar-refractivity contribution < 1.29 is 4.79 Å². The van der Waals surface area contributed by atoms with Gasteiger partial charge < -0.3 is 0 Å². The topological polar surface area (TPSA) is 46.1 Å². The zero-order valence-electron chi connectivity index (χ0n) is 16.1. The lowest BCUT2D eigenvalue weighted by Gasteiger charge is -2.20. The Balaban J connectivity index is 1.78. The SMILES string of the molecule is Cc1ccc2nc(N(Cc3ccccn3)C(=O)c3ccc(C)c(C)c3)sc2c1. The summed E-state index contributed by atoms with van der Waals surface area (Å²) in [5.74, 6) is -0.0652. The summed E-state index contributed by atoms with van der Waals surface area (Å²) in [5, 5.41) is 0.689. The second-order valence-corrected chi connectivity index (χ2v) is 7.99. The lowest BCUT2D eigenvalue weighted by Crippen LogP contribution is -2.30. The van der Waals surface area contributed by atoms with Crippen LogP contribution in [0, 0.1) is 20.8 Å². The number of carbonyl (C=O) groups excluding carboxylic acids is 1. The van der Waals surface area contributed by atoms with Crippen LogP contribution in [0.1, 0.15) is 32.7 Å². The van der Waals surface area contributed by atoms with E-state index in [0.717, 1.165) is 21.5 Å². The van der Waals surface area contributed by atoms with Gasteiger partial charge in [0.15, 0.2) is 5.13 Å². The first-order chi connectivity index (χ1) is 13.5. The van der Waals surface area contributed by atoms with Crippen LogP contribution < -0.4 is 4.90 Å². The number of thiazole rings is 1. The minimum atomic E-state index is -0.0652. The first-order valence-electron chi connectivity index (χ1n) is 9.17. The molecular formula is C23H21N3OS. The summed E-state index contributed by atoms with van der Waals surface area (Å²) in [6.45, 7) is 6.51. The fourth-order valence-electron chi connectivity index (χ4n) is 3.05. The molecule has 140 valence electrons. The first-order valence-corrected chi connectivity index (χ1v) is 9.99. The lowest BCUT2D eigenvalue weighted by atomic mass is 10.1. The van der Waals surface area contributed by atoms with Crippen molar-refractivity contribution in [1.29, 1.82) is 0 Å². The molecule has 0 spiro atoms. The van der Waals surface area contributed by atoms with Gasteiger partial charge in [-0.3, -0.25) is 14.7 Å². The van der Waals surface area contributed by atoms with Crippen molar-refractivity contribution in [2.75, 3.05) is 4.90 Å². The van der Waals surface area contributed by atoms with E-state index in [-0.39, 0.29) is 5.91 Å². The summed E-state index contributed by atoms with van der Waals surface area (Å²) in [6, 6.07) is 17.7. The van der Waals surface area contributed by atoms with Crippen LogP contribution in [0.15, 0.2) is 60.8 Å². The molecule has 4 aromatic rings. The molecule has 0 aliphatic heterocycles. The number of nitrogens with zero attached hydrogens (tertiary/aromatic N) is 3. The molecule has 0 bridgehead atoms. The molecule has 2 heterocycles. The molecule has 5 heteroatoms. The van der Waals surface area contributed by atoms with Gasteiger partial charge in [0.05, 0.1) is 22.5 Å². The fraction of sp³-hybridized carbons (Fsp3) is 0.174. The van der Waals surface area contributed by atoms with Gasteiger partial charge in [0.2, 0.25) is 0 Å². The molecule has 2 aromatic heterocycles. The summed E-state index contributed by atoms with van der Waals surface area (Å²) in [7, 11) is 0. The van der Waals surface area contributed by atoms with Crippen LogP contribution in [0.25, 0.3) is 10.2 Å². The van der Waals surface area contributed by atoms with E-state index in [1.165, 1.54) is 22.5 Å². The van der Waals surface area contributed by atoms with Crippen molar-refractivity contribution in [3.8, 4) is 0 Å². The Kier molecular flexibility index (Phi) is 4.92. The molecule has 28 heavy (non-hydrogen) atoms. The molecular weight excluding hydrogens is 366 g/mol. The van der Waals surface area contributed by atoms with Gasteiger partial charge in [-0.2, -0.15) is 0 Å². The smallest absolute Gasteiger partial charge is 0.260 e. The van der Waals surface area contributed by atoms with Crippen LogP contribution in [0.3, 0.4) is 0 Å². The number of hydrogen-bond acceptors (Lipinski definition) is 4. The highest BCUT2D eigenvalue weighted by Gasteiger charge is 2.22. The monoisotopic (exact) mass is 387 g/mol. The molecule has 1 amide bonds. The molecule has 0 aliphatic rings. The Morgan fingerprint density at radius 2 is 1.86 bits per heavy atom. The van der Waals surface area contributed by atoms with E-state index in [2.05, 4.69) is 18.0 Å². The van der Waals surface area contributed by atoms with Crippen LogP contribution >= 0.6 is 11.3 Å². The lowest BCUT2D eigenvalue weighted by molar-refractivity contribution is 0.0984. The second kappa shape index (κ2) is 7.52.